The van der Waals surface area contributed by atoms with Gasteiger partial charge in [0.25, 0.3) is 0 Å². The van der Waals surface area contributed by atoms with Crippen molar-refractivity contribution in [2.45, 2.75) is 25.4 Å². The van der Waals surface area contributed by atoms with E-state index in [0.29, 0.717) is 0 Å². The fraction of sp³-hybridized carbons (Fsp3) is 0.529. The molecule has 1 aromatic heterocycles. The number of hydrogen-bond donors (Lipinski definition) is 0. The van der Waals surface area contributed by atoms with E-state index >= 15 is 0 Å². The van der Waals surface area contributed by atoms with Gasteiger partial charge in [-0.25, -0.2) is 0 Å². The molecule has 3 nitrogen and oxygen atoms in total. The Balaban J connectivity index is 1.42. The summed E-state index contributed by atoms with van der Waals surface area (Å²) < 4.78 is 3.55. The Kier molecular flexibility index (Phi) is 3.78. The van der Waals surface area contributed by atoms with Gasteiger partial charge in [-0.1, -0.05) is 22.0 Å². The van der Waals surface area contributed by atoms with Gasteiger partial charge in [0, 0.05) is 55.0 Å². The maximum absolute atomic E-state index is 3.58. The molecule has 2 aromatic rings. The predicted molar refractivity (Wildman–Crippen MR) is 90.7 cm³/mol. The van der Waals surface area contributed by atoms with Crippen LogP contribution in [0.3, 0.4) is 0 Å². The molecule has 2 aliphatic rings. The molecule has 2 saturated heterocycles. The summed E-state index contributed by atoms with van der Waals surface area (Å²) in [6, 6.07) is 9.58. The predicted octanol–water partition coefficient (Wildman–Crippen LogP) is 3.18. The van der Waals surface area contributed by atoms with E-state index in [2.05, 4.69) is 60.8 Å². The molecule has 0 radical (unpaired) electrons. The second-order valence-corrected chi connectivity index (χ2v) is 7.26. The number of aromatic nitrogens is 1. The molecule has 112 valence electrons. The van der Waals surface area contributed by atoms with E-state index in [1.54, 1.807) is 0 Å². The molecule has 21 heavy (non-hydrogen) atoms. The summed E-state index contributed by atoms with van der Waals surface area (Å²) >= 11 is 3.58. The van der Waals surface area contributed by atoms with E-state index in [4.69, 9.17) is 0 Å². The SMILES string of the molecule is Brc1ccc2ccn(CCN3CCN4CCCC4C3)c2c1. The van der Waals surface area contributed by atoms with Crippen molar-refractivity contribution < 1.29 is 0 Å². The van der Waals surface area contributed by atoms with E-state index in [1.807, 2.05) is 0 Å². The van der Waals surface area contributed by atoms with E-state index in [9.17, 15) is 0 Å². The van der Waals surface area contributed by atoms with Crippen LogP contribution in [0.2, 0.25) is 0 Å². The van der Waals surface area contributed by atoms with E-state index in [1.165, 1.54) is 56.5 Å². The second kappa shape index (κ2) is 5.75. The highest BCUT2D eigenvalue weighted by molar-refractivity contribution is 9.10. The average Bonchev–Trinajstić information content (AvgIpc) is 3.10. The summed E-state index contributed by atoms with van der Waals surface area (Å²) in [5.41, 5.74) is 1.34. The van der Waals surface area contributed by atoms with Gasteiger partial charge in [-0.3, -0.25) is 9.80 Å². The zero-order chi connectivity index (χ0) is 14.2. The number of fused-ring (bicyclic) bond motifs is 2. The first kappa shape index (κ1) is 13.8. The number of piperazine rings is 1. The van der Waals surface area contributed by atoms with Crippen LogP contribution < -0.4 is 0 Å². The van der Waals surface area contributed by atoms with Crippen molar-refractivity contribution in [2.75, 3.05) is 32.7 Å². The summed E-state index contributed by atoms with van der Waals surface area (Å²) in [5, 5.41) is 1.33. The fourth-order valence-corrected chi connectivity index (χ4v) is 4.21. The van der Waals surface area contributed by atoms with Crippen LogP contribution >= 0.6 is 15.9 Å². The van der Waals surface area contributed by atoms with Crippen molar-refractivity contribution in [3.63, 3.8) is 0 Å². The topological polar surface area (TPSA) is 11.4 Å². The molecular formula is C17H22BrN3. The molecule has 1 aromatic carbocycles. The Bertz CT molecular complexity index is 636. The van der Waals surface area contributed by atoms with E-state index in [0.717, 1.165) is 17.1 Å². The molecular weight excluding hydrogens is 326 g/mol. The lowest BCUT2D eigenvalue weighted by Gasteiger charge is -2.37. The number of rotatable bonds is 3. The highest BCUT2D eigenvalue weighted by Crippen LogP contribution is 2.23. The maximum atomic E-state index is 3.58. The highest BCUT2D eigenvalue weighted by atomic mass is 79.9. The minimum atomic E-state index is 0.828. The van der Waals surface area contributed by atoms with Gasteiger partial charge in [-0.15, -0.1) is 0 Å². The lowest BCUT2D eigenvalue weighted by Crippen LogP contribution is -2.50. The second-order valence-electron chi connectivity index (χ2n) is 6.34. The first-order valence-corrected chi connectivity index (χ1v) is 8.80. The van der Waals surface area contributed by atoms with Crippen molar-refractivity contribution in [3.05, 3.63) is 34.9 Å². The van der Waals surface area contributed by atoms with Crippen LogP contribution in [0, 0.1) is 0 Å². The van der Waals surface area contributed by atoms with Crippen molar-refractivity contribution in [1.29, 1.82) is 0 Å². The van der Waals surface area contributed by atoms with Crippen molar-refractivity contribution in [3.8, 4) is 0 Å². The standard InChI is InChI=1S/C17H22BrN3/c18-15-4-3-14-5-7-21(17(14)12-15)11-9-19-8-10-20-6-1-2-16(20)13-19/h3-5,7,12,16H,1-2,6,8-11,13H2. The Morgan fingerprint density at radius 2 is 2.05 bits per heavy atom. The molecule has 4 heteroatoms. The fourth-order valence-electron chi connectivity index (χ4n) is 3.86. The minimum Gasteiger partial charge on any atom is -0.346 e. The number of nitrogens with zero attached hydrogens (tertiary/aromatic N) is 3. The summed E-state index contributed by atoms with van der Waals surface area (Å²) in [6.45, 7) is 7.35. The van der Waals surface area contributed by atoms with Gasteiger partial charge in [-0.2, -0.15) is 0 Å². The van der Waals surface area contributed by atoms with E-state index < -0.39 is 0 Å². The van der Waals surface area contributed by atoms with Crippen molar-refractivity contribution in [2.24, 2.45) is 0 Å². The molecule has 2 fully saturated rings. The molecule has 1 unspecified atom stereocenters. The van der Waals surface area contributed by atoms with Gasteiger partial charge in [0.05, 0.1) is 0 Å². The summed E-state index contributed by atoms with van der Waals surface area (Å²) in [4.78, 5) is 5.33. The number of hydrogen-bond acceptors (Lipinski definition) is 2. The highest BCUT2D eigenvalue weighted by Gasteiger charge is 2.30. The molecule has 0 spiro atoms. The molecule has 4 rings (SSSR count). The van der Waals surface area contributed by atoms with Crippen LogP contribution in [-0.4, -0.2) is 53.1 Å². The lowest BCUT2D eigenvalue weighted by atomic mass is 10.1. The van der Waals surface area contributed by atoms with Gasteiger partial charge in [0.15, 0.2) is 0 Å². The van der Waals surface area contributed by atoms with E-state index in [-0.39, 0.29) is 0 Å². The van der Waals surface area contributed by atoms with Crippen molar-refractivity contribution >= 4 is 26.8 Å². The van der Waals surface area contributed by atoms with Gasteiger partial charge in [0.1, 0.15) is 0 Å². The zero-order valence-corrected chi connectivity index (χ0v) is 13.9. The first-order valence-electron chi connectivity index (χ1n) is 8.00. The lowest BCUT2D eigenvalue weighted by molar-refractivity contribution is 0.102. The average molecular weight is 348 g/mol. The molecule has 1 atom stereocenters. The Hall–Kier alpha value is -0.840. The van der Waals surface area contributed by atoms with Gasteiger partial charge < -0.3 is 4.57 Å². The first-order chi connectivity index (χ1) is 10.3. The molecule has 3 heterocycles. The van der Waals surface area contributed by atoms with Crippen LogP contribution in [-0.2, 0) is 6.54 Å². The maximum Gasteiger partial charge on any atom is 0.0492 e. The number of halogens is 1. The van der Waals surface area contributed by atoms with Gasteiger partial charge in [-0.05, 0) is 43.0 Å². The quantitative estimate of drug-likeness (QED) is 0.844. The largest absolute Gasteiger partial charge is 0.346 e. The van der Waals surface area contributed by atoms with Crippen LogP contribution in [0.5, 0.6) is 0 Å². The van der Waals surface area contributed by atoms with Gasteiger partial charge >= 0.3 is 0 Å². The molecule has 0 N–H and O–H groups in total. The smallest absolute Gasteiger partial charge is 0.0492 e. The summed E-state index contributed by atoms with van der Waals surface area (Å²) in [6.07, 6.45) is 5.02. The molecule has 0 saturated carbocycles. The molecule has 0 amide bonds. The third-order valence-electron chi connectivity index (χ3n) is 5.06. The summed E-state index contributed by atoms with van der Waals surface area (Å²) in [5.74, 6) is 0. The third kappa shape index (κ3) is 2.77. The zero-order valence-electron chi connectivity index (χ0n) is 12.3. The third-order valence-corrected chi connectivity index (χ3v) is 5.56. The molecule has 0 aliphatic carbocycles. The number of benzene rings is 1. The normalized spacial score (nSPS) is 23.8. The van der Waals surface area contributed by atoms with Crippen LogP contribution in [0.25, 0.3) is 10.9 Å². The van der Waals surface area contributed by atoms with Crippen LogP contribution in [0.15, 0.2) is 34.9 Å². The Morgan fingerprint density at radius 1 is 1.10 bits per heavy atom. The Labute approximate surface area is 134 Å². The minimum absolute atomic E-state index is 0.828. The summed E-state index contributed by atoms with van der Waals surface area (Å²) in [7, 11) is 0. The Morgan fingerprint density at radius 3 is 3.00 bits per heavy atom. The molecule has 2 aliphatic heterocycles. The van der Waals surface area contributed by atoms with Gasteiger partial charge in [0.2, 0.25) is 0 Å². The van der Waals surface area contributed by atoms with Crippen molar-refractivity contribution in [1.82, 2.24) is 14.4 Å². The van der Waals surface area contributed by atoms with Crippen LogP contribution in [0.1, 0.15) is 12.8 Å². The molecule has 0 bridgehead atoms. The van der Waals surface area contributed by atoms with Crippen LogP contribution in [0.4, 0.5) is 0 Å². The monoisotopic (exact) mass is 347 g/mol.